The SMILES string of the molecule is O=C(NCCNC(=O)N(CCO)CCO)N(CCO)CCO. The smallest absolute Gasteiger partial charge is 0.317 e. The van der Waals surface area contributed by atoms with Gasteiger partial charge in [-0.05, 0) is 0 Å². The van der Waals surface area contributed by atoms with Crippen molar-refractivity contribution >= 4 is 12.1 Å². The third-order valence-electron chi connectivity index (χ3n) is 2.73. The molecule has 0 spiro atoms. The van der Waals surface area contributed by atoms with E-state index < -0.39 is 12.1 Å². The second-order valence-corrected chi connectivity index (χ2v) is 4.33. The largest absolute Gasteiger partial charge is 0.395 e. The molecule has 0 atom stereocenters. The Kier molecular flexibility index (Phi) is 12.1. The zero-order chi connectivity index (χ0) is 16.8. The van der Waals surface area contributed by atoms with Crippen LogP contribution in [0.5, 0.6) is 0 Å². The molecule has 0 radical (unpaired) electrons. The van der Waals surface area contributed by atoms with E-state index in [1.807, 2.05) is 0 Å². The lowest BCUT2D eigenvalue weighted by Crippen LogP contribution is -2.47. The number of urea groups is 2. The van der Waals surface area contributed by atoms with Crippen molar-refractivity contribution in [1.29, 1.82) is 0 Å². The average Bonchev–Trinajstić information content (AvgIpc) is 2.50. The Morgan fingerprint density at radius 3 is 1.14 bits per heavy atom. The number of carbonyl (C=O) groups is 2. The van der Waals surface area contributed by atoms with Gasteiger partial charge in [0.15, 0.2) is 0 Å². The first-order chi connectivity index (χ1) is 10.6. The summed E-state index contributed by atoms with van der Waals surface area (Å²) in [6.45, 7) is -0.0437. The van der Waals surface area contributed by atoms with Gasteiger partial charge >= 0.3 is 12.1 Å². The van der Waals surface area contributed by atoms with Crippen LogP contribution in [-0.4, -0.2) is 108 Å². The summed E-state index contributed by atoms with van der Waals surface area (Å²) in [4.78, 5) is 25.9. The maximum atomic E-state index is 11.7. The molecule has 10 heteroatoms. The van der Waals surface area contributed by atoms with Crippen molar-refractivity contribution in [3.05, 3.63) is 0 Å². The number of hydrogen-bond donors (Lipinski definition) is 6. The molecule has 22 heavy (non-hydrogen) atoms. The van der Waals surface area contributed by atoms with Crippen LogP contribution in [0, 0.1) is 0 Å². The maximum absolute atomic E-state index is 11.7. The van der Waals surface area contributed by atoms with Gasteiger partial charge in [-0.1, -0.05) is 0 Å². The molecule has 10 nitrogen and oxygen atoms in total. The zero-order valence-corrected chi connectivity index (χ0v) is 12.6. The molecule has 0 aromatic heterocycles. The van der Waals surface area contributed by atoms with Gasteiger partial charge in [0.1, 0.15) is 0 Å². The Morgan fingerprint density at radius 1 is 0.636 bits per heavy atom. The molecule has 130 valence electrons. The molecule has 0 saturated carbocycles. The zero-order valence-electron chi connectivity index (χ0n) is 12.6. The van der Waals surface area contributed by atoms with Crippen molar-refractivity contribution in [1.82, 2.24) is 20.4 Å². The van der Waals surface area contributed by atoms with Crippen LogP contribution in [0.15, 0.2) is 0 Å². The van der Waals surface area contributed by atoms with Gasteiger partial charge in [0.2, 0.25) is 0 Å². The first-order valence-electron chi connectivity index (χ1n) is 7.09. The van der Waals surface area contributed by atoms with E-state index in [2.05, 4.69) is 10.6 Å². The maximum Gasteiger partial charge on any atom is 0.317 e. The summed E-state index contributed by atoms with van der Waals surface area (Å²) in [6, 6.07) is -0.889. The highest BCUT2D eigenvalue weighted by Gasteiger charge is 2.13. The fourth-order valence-electron chi connectivity index (χ4n) is 1.68. The summed E-state index contributed by atoms with van der Waals surface area (Å²) in [6.07, 6.45) is 0. The first kappa shape index (κ1) is 20.4. The first-order valence-corrected chi connectivity index (χ1v) is 7.09. The number of aliphatic hydroxyl groups is 4. The molecular weight excluding hydrogens is 296 g/mol. The van der Waals surface area contributed by atoms with E-state index in [1.165, 1.54) is 9.80 Å². The standard InChI is InChI=1S/C12H26N4O6/c17-7-3-15(4-8-18)11(21)13-1-2-14-12(22)16(5-9-19)6-10-20/h17-20H,1-10H2,(H,13,21)(H,14,22). The Labute approximate surface area is 129 Å². The molecular formula is C12H26N4O6. The highest BCUT2D eigenvalue weighted by atomic mass is 16.3. The average molecular weight is 322 g/mol. The van der Waals surface area contributed by atoms with E-state index in [9.17, 15) is 9.59 Å². The van der Waals surface area contributed by atoms with Crippen molar-refractivity contribution in [3.63, 3.8) is 0 Å². The van der Waals surface area contributed by atoms with E-state index in [0.717, 1.165) is 0 Å². The molecule has 0 bridgehead atoms. The molecule has 0 heterocycles. The molecule has 0 fully saturated rings. The van der Waals surface area contributed by atoms with Gasteiger partial charge in [0.05, 0.1) is 26.4 Å². The molecule has 0 aromatic rings. The van der Waals surface area contributed by atoms with Gasteiger partial charge < -0.3 is 40.9 Å². The highest BCUT2D eigenvalue weighted by molar-refractivity contribution is 5.75. The molecule has 0 unspecified atom stereocenters. The van der Waals surface area contributed by atoms with Crippen LogP contribution in [0.2, 0.25) is 0 Å². The molecule has 0 aromatic carbocycles. The number of aliphatic hydroxyl groups excluding tert-OH is 4. The van der Waals surface area contributed by atoms with Gasteiger partial charge in [-0.25, -0.2) is 9.59 Å². The van der Waals surface area contributed by atoms with Crippen LogP contribution in [0.25, 0.3) is 0 Å². The van der Waals surface area contributed by atoms with Gasteiger partial charge in [-0.3, -0.25) is 0 Å². The van der Waals surface area contributed by atoms with Crippen LogP contribution < -0.4 is 10.6 Å². The summed E-state index contributed by atoms with van der Waals surface area (Å²) >= 11 is 0. The number of nitrogens with zero attached hydrogens (tertiary/aromatic N) is 2. The molecule has 0 aliphatic heterocycles. The number of amides is 4. The number of rotatable bonds is 11. The third kappa shape index (κ3) is 8.62. The summed E-state index contributed by atoms with van der Waals surface area (Å²) in [5.74, 6) is 0. The molecule has 0 saturated heterocycles. The molecule has 0 aliphatic rings. The van der Waals surface area contributed by atoms with E-state index >= 15 is 0 Å². The predicted octanol–water partition coefficient (Wildman–Crippen LogP) is -3.02. The number of nitrogens with one attached hydrogen (secondary N) is 2. The quantitative estimate of drug-likeness (QED) is 0.223. The lowest BCUT2D eigenvalue weighted by atomic mass is 10.5. The van der Waals surface area contributed by atoms with Crippen LogP contribution in [-0.2, 0) is 0 Å². The predicted molar refractivity (Wildman–Crippen MR) is 78.3 cm³/mol. The minimum Gasteiger partial charge on any atom is -0.395 e. The third-order valence-corrected chi connectivity index (χ3v) is 2.73. The van der Waals surface area contributed by atoms with Gasteiger partial charge in [0, 0.05) is 39.3 Å². The van der Waals surface area contributed by atoms with Crippen LogP contribution in [0.3, 0.4) is 0 Å². The fraction of sp³-hybridized carbons (Fsp3) is 0.833. The Hall–Kier alpha value is -1.62. The van der Waals surface area contributed by atoms with Crippen molar-refractivity contribution < 1.29 is 30.0 Å². The van der Waals surface area contributed by atoms with Crippen molar-refractivity contribution in [2.24, 2.45) is 0 Å². The number of carbonyl (C=O) groups excluding carboxylic acids is 2. The normalized spacial score (nSPS) is 10.2. The van der Waals surface area contributed by atoms with Crippen molar-refractivity contribution in [2.75, 3.05) is 65.7 Å². The Balaban J connectivity index is 4.03. The summed E-state index contributed by atoms with van der Waals surface area (Å²) in [5.41, 5.74) is 0. The molecule has 6 N–H and O–H groups in total. The monoisotopic (exact) mass is 322 g/mol. The molecule has 0 aliphatic carbocycles. The Morgan fingerprint density at radius 2 is 0.909 bits per heavy atom. The fourth-order valence-corrected chi connectivity index (χ4v) is 1.68. The minimum atomic E-state index is -0.445. The summed E-state index contributed by atoms with van der Waals surface area (Å²) in [5, 5.41) is 40.3. The second-order valence-electron chi connectivity index (χ2n) is 4.33. The van der Waals surface area contributed by atoms with Crippen molar-refractivity contribution in [3.8, 4) is 0 Å². The van der Waals surface area contributed by atoms with Crippen LogP contribution in [0.4, 0.5) is 9.59 Å². The van der Waals surface area contributed by atoms with Crippen molar-refractivity contribution in [2.45, 2.75) is 0 Å². The highest BCUT2D eigenvalue weighted by Crippen LogP contribution is 1.89. The van der Waals surface area contributed by atoms with Crippen LogP contribution >= 0.6 is 0 Å². The van der Waals surface area contributed by atoms with Gasteiger partial charge in [0.25, 0.3) is 0 Å². The van der Waals surface area contributed by atoms with E-state index in [4.69, 9.17) is 20.4 Å². The summed E-state index contributed by atoms with van der Waals surface area (Å²) < 4.78 is 0. The van der Waals surface area contributed by atoms with Gasteiger partial charge in [-0.2, -0.15) is 0 Å². The van der Waals surface area contributed by atoms with Gasteiger partial charge in [-0.15, -0.1) is 0 Å². The van der Waals surface area contributed by atoms with E-state index in [0.29, 0.717) is 0 Å². The number of hydrogen-bond acceptors (Lipinski definition) is 6. The van der Waals surface area contributed by atoms with E-state index in [-0.39, 0.29) is 65.7 Å². The molecule has 4 amide bonds. The minimum absolute atomic E-state index is 0.111. The van der Waals surface area contributed by atoms with E-state index in [1.54, 1.807) is 0 Å². The lowest BCUT2D eigenvalue weighted by molar-refractivity contribution is 0.155. The second kappa shape index (κ2) is 13.1. The van der Waals surface area contributed by atoms with Crippen LogP contribution in [0.1, 0.15) is 0 Å². The summed E-state index contributed by atoms with van der Waals surface area (Å²) in [7, 11) is 0. The Bertz CT molecular complexity index is 276. The lowest BCUT2D eigenvalue weighted by Gasteiger charge is -2.22. The topological polar surface area (TPSA) is 146 Å². The molecule has 0 rings (SSSR count).